The van der Waals surface area contributed by atoms with Crippen molar-refractivity contribution in [3.8, 4) is 17.2 Å². The molecule has 0 bridgehead atoms. The van der Waals surface area contributed by atoms with Crippen LogP contribution in [0.3, 0.4) is 0 Å². The van der Waals surface area contributed by atoms with Gasteiger partial charge in [-0.25, -0.2) is 0 Å². The lowest BCUT2D eigenvalue weighted by atomic mass is 10.1. The summed E-state index contributed by atoms with van der Waals surface area (Å²) in [5, 5.41) is 0.662. The van der Waals surface area contributed by atoms with Crippen molar-refractivity contribution >= 4 is 17.5 Å². The molecule has 134 valence electrons. The normalized spacial score (nSPS) is 11.6. The molecule has 0 aliphatic rings. The maximum Gasteiger partial charge on any atom is 0.254 e. The van der Waals surface area contributed by atoms with E-state index < -0.39 is 0 Å². The lowest BCUT2D eigenvalue weighted by Gasteiger charge is -2.26. The molecule has 1 amide bonds. The first kappa shape index (κ1) is 18.9. The highest BCUT2D eigenvalue weighted by molar-refractivity contribution is 6.30. The molecule has 0 fully saturated rings. The molecule has 0 N–H and O–H groups in total. The van der Waals surface area contributed by atoms with Crippen molar-refractivity contribution in [3.63, 3.8) is 0 Å². The standard InChI is InChI=1S/C19H22ClNO4/c1-12(13-6-8-15(20)9-7-13)21(2)19(22)14-10-16(23-3)18(25-5)17(11-14)24-4/h6-12H,1-5H3. The highest BCUT2D eigenvalue weighted by Gasteiger charge is 2.22. The largest absolute Gasteiger partial charge is 0.493 e. The topological polar surface area (TPSA) is 48.0 Å². The highest BCUT2D eigenvalue weighted by atomic mass is 35.5. The summed E-state index contributed by atoms with van der Waals surface area (Å²) in [6, 6.07) is 10.6. The van der Waals surface area contributed by atoms with E-state index in [2.05, 4.69) is 0 Å². The summed E-state index contributed by atoms with van der Waals surface area (Å²) in [4.78, 5) is 14.6. The molecule has 25 heavy (non-hydrogen) atoms. The Bertz CT molecular complexity index is 721. The number of halogens is 1. The zero-order valence-corrected chi connectivity index (χ0v) is 15.8. The van der Waals surface area contributed by atoms with E-state index in [0.717, 1.165) is 5.56 Å². The Labute approximate surface area is 153 Å². The minimum absolute atomic E-state index is 0.121. The van der Waals surface area contributed by atoms with Crippen LogP contribution in [0, 0.1) is 0 Å². The number of methoxy groups -OCH3 is 3. The molecular weight excluding hydrogens is 342 g/mol. The number of ether oxygens (including phenoxy) is 3. The third kappa shape index (κ3) is 3.99. The first-order chi connectivity index (χ1) is 11.9. The SMILES string of the molecule is COc1cc(C(=O)N(C)C(C)c2ccc(Cl)cc2)cc(OC)c1OC. The molecule has 6 heteroatoms. The molecule has 5 nitrogen and oxygen atoms in total. The second-order valence-corrected chi connectivity index (χ2v) is 5.99. The zero-order valence-electron chi connectivity index (χ0n) is 15.0. The summed E-state index contributed by atoms with van der Waals surface area (Å²) in [6.07, 6.45) is 0. The fourth-order valence-electron chi connectivity index (χ4n) is 2.55. The average molecular weight is 364 g/mol. The summed E-state index contributed by atoms with van der Waals surface area (Å²) in [7, 11) is 6.32. The monoisotopic (exact) mass is 363 g/mol. The van der Waals surface area contributed by atoms with Crippen LogP contribution in [0.5, 0.6) is 17.2 Å². The predicted molar refractivity (Wildman–Crippen MR) is 98.1 cm³/mol. The van der Waals surface area contributed by atoms with Crippen LogP contribution in [0.1, 0.15) is 28.9 Å². The van der Waals surface area contributed by atoms with E-state index in [-0.39, 0.29) is 11.9 Å². The molecule has 0 aliphatic heterocycles. The Kier molecular flexibility index (Phi) is 6.15. The summed E-state index contributed by atoms with van der Waals surface area (Å²) in [5.74, 6) is 1.19. The summed E-state index contributed by atoms with van der Waals surface area (Å²) >= 11 is 5.93. The fraction of sp³-hybridized carbons (Fsp3) is 0.316. The molecule has 1 unspecified atom stereocenters. The number of nitrogens with zero attached hydrogens (tertiary/aromatic N) is 1. The van der Waals surface area contributed by atoms with Crippen LogP contribution in [-0.4, -0.2) is 39.2 Å². The van der Waals surface area contributed by atoms with Gasteiger partial charge in [-0.05, 0) is 36.8 Å². The summed E-state index contributed by atoms with van der Waals surface area (Å²) < 4.78 is 15.9. The summed E-state index contributed by atoms with van der Waals surface area (Å²) in [5.41, 5.74) is 1.45. The van der Waals surface area contributed by atoms with Crippen LogP contribution in [0.15, 0.2) is 36.4 Å². The van der Waals surface area contributed by atoms with Crippen LogP contribution in [0.4, 0.5) is 0 Å². The van der Waals surface area contributed by atoms with Crippen molar-refractivity contribution in [1.82, 2.24) is 4.90 Å². The van der Waals surface area contributed by atoms with E-state index in [4.69, 9.17) is 25.8 Å². The van der Waals surface area contributed by atoms with Crippen molar-refractivity contribution in [2.24, 2.45) is 0 Å². The maximum absolute atomic E-state index is 12.9. The highest BCUT2D eigenvalue weighted by Crippen LogP contribution is 2.38. The van der Waals surface area contributed by atoms with Gasteiger partial charge >= 0.3 is 0 Å². The van der Waals surface area contributed by atoms with E-state index in [1.54, 1.807) is 24.1 Å². The van der Waals surface area contributed by atoms with Crippen molar-refractivity contribution in [2.45, 2.75) is 13.0 Å². The van der Waals surface area contributed by atoms with Crippen molar-refractivity contribution in [2.75, 3.05) is 28.4 Å². The number of carbonyl (C=O) groups excluding carboxylic acids is 1. The zero-order chi connectivity index (χ0) is 18.6. The fourth-order valence-corrected chi connectivity index (χ4v) is 2.67. The quantitative estimate of drug-likeness (QED) is 0.771. The van der Waals surface area contributed by atoms with E-state index >= 15 is 0 Å². The van der Waals surface area contributed by atoms with Crippen LogP contribution in [0.25, 0.3) is 0 Å². The van der Waals surface area contributed by atoms with Crippen LogP contribution < -0.4 is 14.2 Å². The van der Waals surface area contributed by atoms with Gasteiger partial charge in [-0.15, -0.1) is 0 Å². The Morgan fingerprint density at radius 1 is 1.00 bits per heavy atom. The number of hydrogen-bond donors (Lipinski definition) is 0. The molecule has 2 rings (SSSR count). The van der Waals surface area contributed by atoms with Gasteiger partial charge in [0.05, 0.1) is 27.4 Å². The number of carbonyl (C=O) groups is 1. The van der Waals surface area contributed by atoms with Gasteiger partial charge in [0.15, 0.2) is 11.5 Å². The van der Waals surface area contributed by atoms with Gasteiger partial charge in [0.2, 0.25) is 5.75 Å². The number of rotatable bonds is 6. The van der Waals surface area contributed by atoms with E-state index in [9.17, 15) is 4.79 Å². The van der Waals surface area contributed by atoms with Gasteiger partial charge in [-0.1, -0.05) is 23.7 Å². The lowest BCUT2D eigenvalue weighted by Crippen LogP contribution is -2.29. The Balaban J connectivity index is 2.34. The smallest absolute Gasteiger partial charge is 0.254 e. The second kappa shape index (κ2) is 8.12. The molecule has 0 heterocycles. The maximum atomic E-state index is 12.9. The summed E-state index contributed by atoms with van der Waals surface area (Å²) in [6.45, 7) is 1.96. The van der Waals surface area contributed by atoms with Gasteiger partial charge in [-0.3, -0.25) is 4.79 Å². The molecule has 0 aromatic heterocycles. The molecule has 0 aliphatic carbocycles. The van der Waals surface area contributed by atoms with Crippen LogP contribution in [0.2, 0.25) is 5.02 Å². The first-order valence-corrected chi connectivity index (χ1v) is 8.13. The van der Waals surface area contributed by atoms with E-state index in [0.29, 0.717) is 27.8 Å². The van der Waals surface area contributed by atoms with Gasteiger partial charge in [-0.2, -0.15) is 0 Å². The van der Waals surface area contributed by atoms with Gasteiger partial charge in [0.25, 0.3) is 5.91 Å². The molecule has 0 saturated heterocycles. The Morgan fingerprint density at radius 2 is 1.52 bits per heavy atom. The van der Waals surface area contributed by atoms with Crippen LogP contribution in [-0.2, 0) is 0 Å². The van der Waals surface area contributed by atoms with Gasteiger partial charge in [0.1, 0.15) is 0 Å². The third-order valence-electron chi connectivity index (χ3n) is 4.17. The average Bonchev–Trinajstić information content (AvgIpc) is 2.65. The number of benzene rings is 2. The van der Waals surface area contributed by atoms with Crippen LogP contribution >= 0.6 is 11.6 Å². The molecular formula is C19H22ClNO4. The third-order valence-corrected chi connectivity index (χ3v) is 4.42. The Morgan fingerprint density at radius 3 is 1.96 bits per heavy atom. The molecule has 2 aromatic carbocycles. The number of hydrogen-bond acceptors (Lipinski definition) is 4. The van der Waals surface area contributed by atoms with E-state index in [1.807, 2.05) is 31.2 Å². The van der Waals surface area contributed by atoms with Gasteiger partial charge < -0.3 is 19.1 Å². The van der Waals surface area contributed by atoms with Crippen molar-refractivity contribution < 1.29 is 19.0 Å². The van der Waals surface area contributed by atoms with Gasteiger partial charge in [0, 0.05) is 17.6 Å². The molecule has 0 radical (unpaired) electrons. The predicted octanol–water partition coefficient (Wildman–Crippen LogP) is 4.20. The number of amides is 1. The van der Waals surface area contributed by atoms with Crippen molar-refractivity contribution in [1.29, 1.82) is 0 Å². The molecule has 1 atom stereocenters. The molecule has 0 saturated carbocycles. The Hall–Kier alpha value is -2.40. The molecule has 2 aromatic rings. The molecule has 0 spiro atoms. The first-order valence-electron chi connectivity index (χ1n) is 7.75. The minimum atomic E-state index is -0.151. The van der Waals surface area contributed by atoms with E-state index in [1.165, 1.54) is 21.3 Å². The lowest BCUT2D eigenvalue weighted by molar-refractivity contribution is 0.0741. The second-order valence-electron chi connectivity index (χ2n) is 5.56. The minimum Gasteiger partial charge on any atom is -0.493 e. The van der Waals surface area contributed by atoms with Crippen molar-refractivity contribution in [3.05, 3.63) is 52.5 Å².